The van der Waals surface area contributed by atoms with E-state index in [2.05, 4.69) is 15.3 Å². The highest BCUT2D eigenvalue weighted by atomic mass is 35.5. The summed E-state index contributed by atoms with van der Waals surface area (Å²) in [7, 11) is 0. The second kappa shape index (κ2) is 7.34. The summed E-state index contributed by atoms with van der Waals surface area (Å²) in [6.07, 6.45) is -0.153. The molecule has 0 bridgehead atoms. The Morgan fingerprint density at radius 2 is 1.94 bits per heavy atom. The molecule has 1 N–H and O–H groups in total. The Morgan fingerprint density at radius 3 is 2.72 bits per heavy atom. The number of nitrogens with zero attached hydrogens (tertiary/aromatic N) is 3. The van der Waals surface area contributed by atoms with Crippen molar-refractivity contribution < 1.29 is 18.0 Å². The molecule has 9 heteroatoms. The summed E-state index contributed by atoms with van der Waals surface area (Å²) in [4.78, 5) is 20.8. The van der Waals surface area contributed by atoms with Gasteiger partial charge in [0.1, 0.15) is 11.5 Å². The molecule has 4 aromatic rings. The lowest BCUT2D eigenvalue weighted by molar-refractivity contribution is -0.137. The van der Waals surface area contributed by atoms with Crippen LogP contribution in [0.5, 0.6) is 0 Å². The molecule has 0 aliphatic heterocycles. The van der Waals surface area contributed by atoms with Crippen LogP contribution in [0.15, 0.2) is 48.8 Å². The van der Waals surface area contributed by atoms with Gasteiger partial charge >= 0.3 is 6.18 Å². The minimum absolute atomic E-state index is 0.115. The largest absolute Gasteiger partial charge is 0.417 e. The minimum Gasteiger partial charge on any atom is -0.339 e. The van der Waals surface area contributed by atoms with Crippen LogP contribution in [0.4, 0.5) is 24.7 Å². The third-order valence-corrected chi connectivity index (χ3v) is 5.88. The minimum atomic E-state index is -4.59. The summed E-state index contributed by atoms with van der Waals surface area (Å²) in [5, 5.41) is 2.91. The number of benzene rings is 2. The molecule has 0 amide bonds. The zero-order chi connectivity index (χ0) is 22.6. The molecule has 0 saturated heterocycles. The number of carbonyl (C=O) groups is 1. The van der Waals surface area contributed by atoms with Gasteiger partial charge in [-0.2, -0.15) is 13.2 Å². The zero-order valence-corrected chi connectivity index (χ0v) is 17.6. The van der Waals surface area contributed by atoms with Crippen LogP contribution in [0.2, 0.25) is 5.02 Å². The van der Waals surface area contributed by atoms with E-state index in [-0.39, 0.29) is 16.4 Å². The Morgan fingerprint density at radius 1 is 1.12 bits per heavy atom. The Hall–Kier alpha value is -3.39. The fraction of sp³-hybridized carbons (Fsp3) is 0.174. The standard InChI is InChI=1S/C23H16ClF3N4O/c1-12-21-30-20(14-2-6-18(24)17(11-14)23(25,26)27)22(31(21)9-8-28-12)29-15-4-5-16-13(10-15)3-7-19(16)32/h2,4-6,8-11,29H,3,7H2,1H3. The Labute approximate surface area is 185 Å². The van der Waals surface area contributed by atoms with Crippen LogP contribution in [-0.4, -0.2) is 20.2 Å². The van der Waals surface area contributed by atoms with Gasteiger partial charge in [0.05, 0.1) is 16.3 Å². The van der Waals surface area contributed by atoms with Gasteiger partial charge in [-0.1, -0.05) is 17.7 Å². The van der Waals surface area contributed by atoms with Crippen LogP contribution in [-0.2, 0) is 12.6 Å². The normalized spacial score (nSPS) is 13.6. The second-order valence-corrected chi connectivity index (χ2v) is 8.03. The molecule has 5 nitrogen and oxygen atoms in total. The lowest BCUT2D eigenvalue weighted by atomic mass is 10.1. The van der Waals surface area contributed by atoms with Gasteiger partial charge in [-0.3, -0.25) is 14.2 Å². The summed E-state index contributed by atoms with van der Waals surface area (Å²) < 4.78 is 42.1. The summed E-state index contributed by atoms with van der Waals surface area (Å²) in [6, 6.07) is 9.17. The smallest absolute Gasteiger partial charge is 0.339 e. The number of ketones is 1. The molecule has 0 spiro atoms. The maximum Gasteiger partial charge on any atom is 0.417 e. The first kappa shape index (κ1) is 20.5. The molecule has 0 unspecified atom stereocenters. The number of aromatic nitrogens is 3. The van der Waals surface area contributed by atoms with Crippen LogP contribution in [0.3, 0.4) is 0 Å². The molecule has 162 valence electrons. The molecule has 5 rings (SSSR count). The van der Waals surface area contributed by atoms with E-state index in [4.69, 9.17) is 11.6 Å². The number of Topliss-reactive ketones (excluding diaryl/α,β-unsaturated/α-hetero) is 1. The van der Waals surface area contributed by atoms with Crippen molar-refractivity contribution in [2.75, 3.05) is 5.32 Å². The van der Waals surface area contributed by atoms with Gasteiger partial charge in [0.15, 0.2) is 11.4 Å². The van der Waals surface area contributed by atoms with Crippen LogP contribution in [0.25, 0.3) is 16.9 Å². The molecule has 0 atom stereocenters. The number of hydrogen-bond donors (Lipinski definition) is 1. The lowest BCUT2D eigenvalue weighted by Gasteiger charge is -2.13. The zero-order valence-electron chi connectivity index (χ0n) is 16.8. The second-order valence-electron chi connectivity index (χ2n) is 7.63. The lowest BCUT2D eigenvalue weighted by Crippen LogP contribution is -2.06. The molecular weight excluding hydrogens is 441 g/mol. The average Bonchev–Trinajstić information content (AvgIpc) is 3.29. The number of imidazole rings is 1. The number of hydrogen-bond acceptors (Lipinski definition) is 4. The van der Waals surface area contributed by atoms with E-state index >= 15 is 0 Å². The molecule has 2 aromatic carbocycles. The third kappa shape index (κ3) is 3.40. The number of aryl methyl sites for hydroxylation is 2. The van der Waals surface area contributed by atoms with Crippen LogP contribution in [0, 0.1) is 6.92 Å². The van der Waals surface area contributed by atoms with E-state index in [1.54, 1.807) is 35.9 Å². The van der Waals surface area contributed by atoms with Crippen molar-refractivity contribution in [1.82, 2.24) is 14.4 Å². The van der Waals surface area contributed by atoms with Gasteiger partial charge in [0, 0.05) is 35.6 Å². The number of alkyl halides is 3. The van der Waals surface area contributed by atoms with E-state index in [1.165, 1.54) is 12.1 Å². The first-order chi connectivity index (χ1) is 15.2. The van der Waals surface area contributed by atoms with Gasteiger partial charge in [-0.05, 0) is 49.2 Å². The molecule has 32 heavy (non-hydrogen) atoms. The van der Waals surface area contributed by atoms with Gasteiger partial charge < -0.3 is 5.32 Å². The highest BCUT2D eigenvalue weighted by Crippen LogP contribution is 2.39. The molecule has 0 fully saturated rings. The highest BCUT2D eigenvalue weighted by Gasteiger charge is 2.34. The van der Waals surface area contributed by atoms with E-state index in [0.717, 1.165) is 11.6 Å². The van der Waals surface area contributed by atoms with Gasteiger partial charge in [-0.25, -0.2) is 4.98 Å². The van der Waals surface area contributed by atoms with Crippen LogP contribution >= 0.6 is 11.6 Å². The van der Waals surface area contributed by atoms with Crippen molar-refractivity contribution in [1.29, 1.82) is 0 Å². The van der Waals surface area contributed by atoms with Crippen molar-refractivity contribution in [2.24, 2.45) is 0 Å². The quantitative estimate of drug-likeness (QED) is 0.396. The molecule has 0 radical (unpaired) electrons. The van der Waals surface area contributed by atoms with E-state index in [1.807, 2.05) is 6.07 Å². The maximum absolute atomic E-state index is 13.5. The SMILES string of the molecule is Cc1nccn2c(Nc3ccc4c(c3)CCC4=O)c(-c3ccc(Cl)c(C(F)(F)F)c3)nc12. The fourth-order valence-corrected chi connectivity index (χ4v) is 4.21. The monoisotopic (exact) mass is 456 g/mol. The summed E-state index contributed by atoms with van der Waals surface area (Å²) in [5.74, 6) is 0.606. The maximum atomic E-state index is 13.5. The number of carbonyl (C=O) groups excluding carboxylic acids is 1. The summed E-state index contributed by atoms with van der Waals surface area (Å²) in [6.45, 7) is 1.78. The van der Waals surface area contributed by atoms with Crippen molar-refractivity contribution in [3.63, 3.8) is 0 Å². The van der Waals surface area contributed by atoms with Crippen molar-refractivity contribution in [3.8, 4) is 11.3 Å². The Balaban J connectivity index is 1.67. The molecule has 0 saturated carbocycles. The summed E-state index contributed by atoms with van der Waals surface area (Å²) in [5.41, 5.74) is 3.19. The topological polar surface area (TPSA) is 59.3 Å². The number of fused-ring (bicyclic) bond motifs is 2. The average molecular weight is 457 g/mol. The molecule has 1 aliphatic carbocycles. The molecule has 2 aromatic heterocycles. The molecular formula is C23H16ClF3N4O. The Kier molecular flexibility index (Phi) is 4.70. The number of anilines is 2. The Bertz CT molecular complexity index is 1390. The van der Waals surface area contributed by atoms with Crippen LogP contribution in [0.1, 0.15) is 33.6 Å². The number of halogens is 4. The summed E-state index contributed by atoms with van der Waals surface area (Å²) >= 11 is 5.81. The first-order valence-electron chi connectivity index (χ1n) is 9.86. The van der Waals surface area contributed by atoms with Crippen molar-refractivity contribution in [2.45, 2.75) is 25.9 Å². The highest BCUT2D eigenvalue weighted by molar-refractivity contribution is 6.31. The van der Waals surface area contributed by atoms with Crippen molar-refractivity contribution >= 4 is 34.5 Å². The first-order valence-corrected chi connectivity index (χ1v) is 10.2. The number of rotatable bonds is 3. The number of nitrogens with one attached hydrogen (secondary N) is 1. The predicted molar refractivity (Wildman–Crippen MR) is 116 cm³/mol. The van der Waals surface area contributed by atoms with E-state index in [9.17, 15) is 18.0 Å². The predicted octanol–water partition coefficient (Wildman–Crippen LogP) is 6.25. The van der Waals surface area contributed by atoms with Gasteiger partial charge in [-0.15, -0.1) is 0 Å². The molecule has 1 aliphatic rings. The van der Waals surface area contributed by atoms with E-state index < -0.39 is 11.7 Å². The van der Waals surface area contributed by atoms with E-state index in [0.29, 0.717) is 46.9 Å². The molecule has 2 heterocycles. The third-order valence-electron chi connectivity index (χ3n) is 5.55. The van der Waals surface area contributed by atoms with Crippen molar-refractivity contribution in [3.05, 3.63) is 76.2 Å². The fourth-order valence-electron chi connectivity index (χ4n) is 3.98. The van der Waals surface area contributed by atoms with Gasteiger partial charge in [0.25, 0.3) is 0 Å². The van der Waals surface area contributed by atoms with Crippen LogP contribution < -0.4 is 5.32 Å². The van der Waals surface area contributed by atoms with Gasteiger partial charge in [0.2, 0.25) is 0 Å².